The first-order valence-electron chi connectivity index (χ1n) is 3.93. The van der Waals surface area contributed by atoms with Crippen LogP contribution >= 0.6 is 27.5 Å². The van der Waals surface area contributed by atoms with E-state index in [1.807, 2.05) is 0 Å². The van der Waals surface area contributed by atoms with Gasteiger partial charge in [0.25, 0.3) is 0 Å². The summed E-state index contributed by atoms with van der Waals surface area (Å²) in [5.74, 6) is -2.47. The van der Waals surface area contributed by atoms with Crippen molar-refractivity contribution in [2.75, 3.05) is 5.33 Å². The summed E-state index contributed by atoms with van der Waals surface area (Å²) in [6, 6.07) is 1.35. The summed E-state index contributed by atoms with van der Waals surface area (Å²) >= 11 is 8.21. The Kier molecular flexibility index (Phi) is 3.96. The van der Waals surface area contributed by atoms with Crippen molar-refractivity contribution in [1.82, 2.24) is 0 Å². The van der Waals surface area contributed by atoms with E-state index in [9.17, 15) is 22.4 Å². The van der Waals surface area contributed by atoms with E-state index in [1.165, 1.54) is 0 Å². The molecule has 0 aliphatic rings. The number of benzene rings is 1. The largest absolute Gasteiger partial charge is 0.419 e. The predicted octanol–water partition coefficient (Wildman–Crippen LogP) is 4.08. The molecule has 0 spiro atoms. The molecule has 1 aromatic rings. The van der Waals surface area contributed by atoms with Crippen LogP contribution in [0.25, 0.3) is 0 Å². The Balaban J connectivity index is 3.45. The van der Waals surface area contributed by atoms with Crippen LogP contribution in [0.1, 0.15) is 15.9 Å². The standard InChI is InChI=1S/C9H4BrClF4O/c10-3-6(16)7-5(11)2-1-4(8(7)12)9(13,14)15/h1-2H,3H2. The Morgan fingerprint density at radius 1 is 1.38 bits per heavy atom. The van der Waals surface area contributed by atoms with Crippen molar-refractivity contribution in [3.8, 4) is 0 Å². The van der Waals surface area contributed by atoms with Crippen molar-refractivity contribution < 1.29 is 22.4 Å². The van der Waals surface area contributed by atoms with Crippen molar-refractivity contribution >= 4 is 33.3 Å². The zero-order valence-electron chi connectivity index (χ0n) is 7.54. The summed E-state index contributed by atoms with van der Waals surface area (Å²) in [5, 5.41) is -0.639. The van der Waals surface area contributed by atoms with Gasteiger partial charge in [0.05, 0.1) is 21.5 Å². The Bertz CT molecular complexity index is 430. The zero-order valence-corrected chi connectivity index (χ0v) is 9.88. The molecule has 0 fully saturated rings. The van der Waals surface area contributed by atoms with Crippen LogP contribution < -0.4 is 0 Å². The maximum absolute atomic E-state index is 13.4. The molecule has 0 unspecified atom stereocenters. The SMILES string of the molecule is O=C(CBr)c1c(Cl)ccc(C(F)(F)F)c1F. The van der Waals surface area contributed by atoms with Crippen LogP contribution in [-0.4, -0.2) is 11.1 Å². The first-order chi connectivity index (χ1) is 7.29. The quantitative estimate of drug-likeness (QED) is 0.456. The highest BCUT2D eigenvalue weighted by Crippen LogP contribution is 2.35. The fourth-order valence-corrected chi connectivity index (χ4v) is 1.63. The lowest BCUT2D eigenvalue weighted by Crippen LogP contribution is -2.13. The number of carbonyl (C=O) groups excluding carboxylic acids is 1. The number of rotatable bonds is 2. The van der Waals surface area contributed by atoms with Crippen molar-refractivity contribution in [3.05, 3.63) is 34.1 Å². The molecule has 0 saturated heterocycles. The molecule has 0 heterocycles. The molecule has 1 aromatic carbocycles. The van der Waals surface area contributed by atoms with Crippen LogP contribution in [0, 0.1) is 5.82 Å². The second-order valence-corrected chi connectivity index (χ2v) is 3.81. The molecule has 0 atom stereocenters. The Morgan fingerprint density at radius 2 is 1.94 bits per heavy atom. The molecule has 0 bridgehead atoms. The molecule has 1 nitrogen and oxygen atoms in total. The normalized spacial score (nSPS) is 11.6. The third kappa shape index (κ3) is 2.55. The van der Waals surface area contributed by atoms with E-state index in [1.54, 1.807) is 0 Å². The van der Waals surface area contributed by atoms with Crippen LogP contribution in [0.3, 0.4) is 0 Å². The second kappa shape index (κ2) is 4.71. The molecule has 0 radical (unpaired) electrons. The highest BCUT2D eigenvalue weighted by atomic mass is 79.9. The molecule has 0 aliphatic heterocycles. The van der Waals surface area contributed by atoms with E-state index in [0.717, 1.165) is 6.07 Å². The maximum Gasteiger partial charge on any atom is 0.419 e. The first-order valence-corrected chi connectivity index (χ1v) is 5.43. The Hall–Kier alpha value is -0.620. The molecule has 1 rings (SSSR count). The lowest BCUT2D eigenvalue weighted by molar-refractivity contribution is -0.140. The van der Waals surface area contributed by atoms with E-state index >= 15 is 0 Å². The van der Waals surface area contributed by atoms with Gasteiger partial charge in [-0.3, -0.25) is 4.79 Å². The highest BCUT2D eigenvalue weighted by Gasteiger charge is 2.36. The predicted molar refractivity (Wildman–Crippen MR) is 54.5 cm³/mol. The van der Waals surface area contributed by atoms with Crippen molar-refractivity contribution in [2.24, 2.45) is 0 Å². The van der Waals surface area contributed by atoms with Gasteiger partial charge in [-0.05, 0) is 12.1 Å². The van der Waals surface area contributed by atoms with E-state index in [0.29, 0.717) is 6.07 Å². The summed E-state index contributed by atoms with van der Waals surface area (Å²) in [6.45, 7) is 0. The third-order valence-corrected chi connectivity index (χ3v) is 2.62. The molecule has 0 N–H and O–H groups in total. The number of hydrogen-bond acceptors (Lipinski definition) is 1. The van der Waals surface area contributed by atoms with E-state index in [-0.39, 0.29) is 10.4 Å². The van der Waals surface area contributed by atoms with Crippen LogP contribution in [0.4, 0.5) is 17.6 Å². The van der Waals surface area contributed by atoms with Crippen molar-refractivity contribution in [2.45, 2.75) is 6.18 Å². The Morgan fingerprint density at radius 3 is 2.38 bits per heavy atom. The van der Waals surface area contributed by atoms with Gasteiger partial charge in [-0.1, -0.05) is 27.5 Å². The molecule has 0 aromatic heterocycles. The van der Waals surface area contributed by atoms with Crippen molar-refractivity contribution in [3.63, 3.8) is 0 Å². The number of alkyl halides is 4. The number of carbonyl (C=O) groups is 1. The fourth-order valence-electron chi connectivity index (χ4n) is 1.09. The van der Waals surface area contributed by atoms with Gasteiger partial charge < -0.3 is 0 Å². The number of hydrogen-bond donors (Lipinski definition) is 0. The van der Waals surface area contributed by atoms with E-state index in [4.69, 9.17) is 11.6 Å². The lowest BCUT2D eigenvalue weighted by atomic mass is 10.1. The summed E-state index contributed by atoms with van der Waals surface area (Å²) in [6.07, 6.45) is -4.85. The monoisotopic (exact) mass is 318 g/mol. The van der Waals surface area contributed by atoms with Gasteiger partial charge >= 0.3 is 6.18 Å². The first kappa shape index (κ1) is 13.4. The molecular formula is C9H4BrClF4O. The average molecular weight is 319 g/mol. The highest BCUT2D eigenvalue weighted by molar-refractivity contribution is 9.09. The van der Waals surface area contributed by atoms with Gasteiger partial charge in [-0.25, -0.2) is 4.39 Å². The van der Waals surface area contributed by atoms with Gasteiger partial charge in [0.2, 0.25) is 0 Å². The van der Waals surface area contributed by atoms with Crippen LogP contribution in [0.5, 0.6) is 0 Å². The minimum absolute atomic E-state index is 0.301. The van der Waals surface area contributed by atoms with E-state index in [2.05, 4.69) is 15.9 Å². The summed E-state index contributed by atoms with van der Waals surface area (Å²) in [4.78, 5) is 11.2. The smallest absolute Gasteiger partial charge is 0.293 e. The fraction of sp³-hybridized carbons (Fsp3) is 0.222. The summed E-state index contributed by atoms with van der Waals surface area (Å²) < 4.78 is 50.4. The van der Waals surface area contributed by atoms with Gasteiger partial charge in [-0.15, -0.1) is 0 Å². The molecular weight excluding hydrogens is 315 g/mol. The van der Waals surface area contributed by atoms with Crippen molar-refractivity contribution in [1.29, 1.82) is 0 Å². The molecule has 16 heavy (non-hydrogen) atoms. The topological polar surface area (TPSA) is 17.1 Å². The molecule has 0 amide bonds. The zero-order chi connectivity index (χ0) is 12.5. The number of Topliss-reactive ketones (excluding diaryl/α,β-unsaturated/α-hetero) is 1. The average Bonchev–Trinajstić information content (AvgIpc) is 2.15. The minimum atomic E-state index is -4.85. The maximum atomic E-state index is 13.4. The third-order valence-electron chi connectivity index (χ3n) is 1.80. The summed E-state index contributed by atoms with van der Waals surface area (Å²) in [5.41, 5.74) is -2.24. The molecule has 0 saturated carbocycles. The van der Waals surface area contributed by atoms with Gasteiger partial charge in [0.15, 0.2) is 5.78 Å². The lowest BCUT2D eigenvalue weighted by Gasteiger charge is -2.11. The molecule has 0 aliphatic carbocycles. The minimum Gasteiger partial charge on any atom is -0.293 e. The number of ketones is 1. The van der Waals surface area contributed by atoms with Gasteiger partial charge in [0, 0.05) is 0 Å². The van der Waals surface area contributed by atoms with Crippen LogP contribution in [-0.2, 0) is 6.18 Å². The van der Waals surface area contributed by atoms with Gasteiger partial charge in [-0.2, -0.15) is 13.2 Å². The van der Waals surface area contributed by atoms with E-state index < -0.39 is 28.9 Å². The van der Waals surface area contributed by atoms with Crippen LogP contribution in [0.2, 0.25) is 5.02 Å². The molecule has 7 heteroatoms. The van der Waals surface area contributed by atoms with Crippen LogP contribution in [0.15, 0.2) is 12.1 Å². The van der Waals surface area contributed by atoms with Gasteiger partial charge in [0.1, 0.15) is 5.82 Å². The summed E-state index contributed by atoms with van der Waals surface area (Å²) in [7, 11) is 0. The Labute approximate surface area is 102 Å². The molecule has 88 valence electrons. The second-order valence-electron chi connectivity index (χ2n) is 2.84. The number of halogens is 6.